The molecule has 1 aromatic carbocycles. The highest BCUT2D eigenvalue weighted by Crippen LogP contribution is 2.20. The number of benzene rings is 1. The van der Waals surface area contributed by atoms with Crippen LogP contribution in [0.3, 0.4) is 0 Å². The molecule has 0 spiro atoms. The van der Waals surface area contributed by atoms with Crippen LogP contribution in [0.25, 0.3) is 0 Å². The van der Waals surface area contributed by atoms with E-state index in [1.807, 2.05) is 56.4 Å². The molecule has 2 heterocycles. The minimum atomic E-state index is -0.729. The molecule has 1 atom stereocenters. The molecular formula is C21H27N5O2. The van der Waals surface area contributed by atoms with Crippen molar-refractivity contribution in [3.05, 3.63) is 59.8 Å². The predicted molar refractivity (Wildman–Crippen MR) is 109 cm³/mol. The number of likely N-dealkylation sites (N-methyl/N-ethyl adjacent to an activating group) is 1. The third-order valence-electron chi connectivity index (χ3n) is 4.93. The van der Waals surface area contributed by atoms with Gasteiger partial charge in [-0.15, -0.1) is 0 Å². The van der Waals surface area contributed by atoms with Crippen LogP contribution in [0.15, 0.2) is 48.7 Å². The first kappa shape index (κ1) is 19.8. The maximum Gasteiger partial charge on any atom is 0.255 e. The Labute approximate surface area is 166 Å². The Balaban J connectivity index is 1.86. The summed E-state index contributed by atoms with van der Waals surface area (Å²) in [6.07, 6.45) is 1.65. The number of hydrogen-bond donors (Lipinski definition) is 1. The van der Waals surface area contributed by atoms with E-state index >= 15 is 0 Å². The highest BCUT2D eigenvalue weighted by atomic mass is 16.2. The number of piperazine rings is 1. The second-order valence-electron chi connectivity index (χ2n) is 7.21. The smallest absolute Gasteiger partial charge is 0.255 e. The first-order chi connectivity index (χ1) is 13.5. The lowest BCUT2D eigenvalue weighted by molar-refractivity contribution is -0.135. The largest absolute Gasteiger partial charge is 0.362 e. The summed E-state index contributed by atoms with van der Waals surface area (Å²) in [6.45, 7) is 2.97. The summed E-state index contributed by atoms with van der Waals surface area (Å²) in [7, 11) is 5.72. The maximum atomic E-state index is 13.3. The lowest BCUT2D eigenvalue weighted by Gasteiger charge is -2.35. The van der Waals surface area contributed by atoms with Gasteiger partial charge in [0.15, 0.2) is 0 Å². The van der Waals surface area contributed by atoms with Crippen LogP contribution in [0, 0.1) is 0 Å². The molecule has 3 rings (SSSR count). The zero-order valence-corrected chi connectivity index (χ0v) is 16.6. The maximum absolute atomic E-state index is 13.3. The molecule has 7 heteroatoms. The van der Waals surface area contributed by atoms with Crippen molar-refractivity contribution in [2.75, 3.05) is 52.2 Å². The Kier molecular flexibility index (Phi) is 6.26. The first-order valence-electron chi connectivity index (χ1n) is 9.43. The molecule has 0 saturated carbocycles. The average Bonchev–Trinajstić information content (AvgIpc) is 2.72. The van der Waals surface area contributed by atoms with Gasteiger partial charge < -0.3 is 20.0 Å². The van der Waals surface area contributed by atoms with Gasteiger partial charge >= 0.3 is 0 Å². The molecule has 1 fully saturated rings. The van der Waals surface area contributed by atoms with E-state index in [1.165, 1.54) is 0 Å². The monoisotopic (exact) mass is 381 g/mol. The SMILES string of the molecule is CN1CCN(C(=O)[C@@H](NC(=O)c2cccnc2N(C)C)c2ccccc2)CC1. The van der Waals surface area contributed by atoms with Crippen LogP contribution in [0.2, 0.25) is 0 Å². The van der Waals surface area contributed by atoms with Gasteiger partial charge in [-0.25, -0.2) is 4.98 Å². The van der Waals surface area contributed by atoms with Crippen LogP contribution < -0.4 is 10.2 Å². The van der Waals surface area contributed by atoms with Gasteiger partial charge in [0.05, 0.1) is 5.56 Å². The van der Waals surface area contributed by atoms with E-state index in [2.05, 4.69) is 15.2 Å². The van der Waals surface area contributed by atoms with Crippen LogP contribution in [0.1, 0.15) is 22.0 Å². The van der Waals surface area contributed by atoms with E-state index in [4.69, 9.17) is 0 Å². The quantitative estimate of drug-likeness (QED) is 0.848. The van der Waals surface area contributed by atoms with Crippen molar-refractivity contribution in [2.45, 2.75) is 6.04 Å². The zero-order valence-electron chi connectivity index (χ0n) is 16.6. The Morgan fingerprint density at radius 1 is 1.04 bits per heavy atom. The van der Waals surface area contributed by atoms with Crippen LogP contribution in [-0.4, -0.2) is 73.9 Å². The average molecular weight is 381 g/mol. The number of aromatic nitrogens is 1. The summed E-state index contributed by atoms with van der Waals surface area (Å²) < 4.78 is 0. The molecule has 1 aliphatic heterocycles. The molecule has 7 nitrogen and oxygen atoms in total. The van der Waals surface area contributed by atoms with Crippen molar-refractivity contribution in [1.29, 1.82) is 0 Å². The summed E-state index contributed by atoms with van der Waals surface area (Å²) >= 11 is 0. The van der Waals surface area contributed by atoms with E-state index < -0.39 is 6.04 Å². The van der Waals surface area contributed by atoms with Crippen molar-refractivity contribution in [3.63, 3.8) is 0 Å². The summed E-state index contributed by atoms with van der Waals surface area (Å²) in [5, 5.41) is 2.94. The van der Waals surface area contributed by atoms with E-state index in [0.717, 1.165) is 18.7 Å². The summed E-state index contributed by atoms with van der Waals surface area (Å²) in [5.74, 6) is 0.176. The fourth-order valence-corrected chi connectivity index (χ4v) is 3.28. The molecule has 1 aromatic heterocycles. The summed E-state index contributed by atoms with van der Waals surface area (Å²) in [6, 6.07) is 12.1. The van der Waals surface area contributed by atoms with Crippen molar-refractivity contribution >= 4 is 17.6 Å². The van der Waals surface area contributed by atoms with Gasteiger partial charge in [0.25, 0.3) is 5.91 Å². The standard InChI is InChI=1S/C21H27N5O2/c1-24(2)19-17(10-7-11-22-19)20(27)23-18(16-8-5-4-6-9-16)21(28)26-14-12-25(3)13-15-26/h4-11,18H,12-15H2,1-3H3,(H,23,27)/t18-/m0/s1. The molecule has 0 unspecified atom stereocenters. The topological polar surface area (TPSA) is 68.8 Å². The predicted octanol–water partition coefficient (Wildman–Crippen LogP) is 1.39. The Morgan fingerprint density at radius 3 is 2.36 bits per heavy atom. The number of carbonyl (C=O) groups excluding carboxylic acids is 2. The molecular weight excluding hydrogens is 354 g/mol. The summed E-state index contributed by atoms with van der Waals surface area (Å²) in [4.78, 5) is 36.4. The van der Waals surface area contributed by atoms with Gasteiger partial charge in [-0.2, -0.15) is 0 Å². The van der Waals surface area contributed by atoms with Crippen LogP contribution in [-0.2, 0) is 4.79 Å². The molecule has 2 aromatic rings. The Bertz CT molecular complexity index is 817. The van der Waals surface area contributed by atoms with E-state index in [0.29, 0.717) is 24.5 Å². The number of nitrogens with one attached hydrogen (secondary N) is 1. The highest BCUT2D eigenvalue weighted by Gasteiger charge is 2.30. The minimum Gasteiger partial charge on any atom is -0.362 e. The van der Waals surface area contributed by atoms with E-state index in [-0.39, 0.29) is 11.8 Å². The number of carbonyl (C=O) groups is 2. The second kappa shape index (κ2) is 8.84. The van der Waals surface area contributed by atoms with Crippen molar-refractivity contribution < 1.29 is 9.59 Å². The molecule has 0 aliphatic carbocycles. The van der Waals surface area contributed by atoms with Crippen molar-refractivity contribution in [1.82, 2.24) is 20.1 Å². The van der Waals surface area contributed by atoms with Crippen LogP contribution in [0.5, 0.6) is 0 Å². The van der Waals surface area contributed by atoms with Crippen molar-refractivity contribution in [2.24, 2.45) is 0 Å². The fourth-order valence-electron chi connectivity index (χ4n) is 3.28. The Morgan fingerprint density at radius 2 is 1.71 bits per heavy atom. The van der Waals surface area contributed by atoms with Gasteiger partial charge in [0.1, 0.15) is 11.9 Å². The van der Waals surface area contributed by atoms with Gasteiger partial charge in [0.2, 0.25) is 5.91 Å². The molecule has 0 bridgehead atoms. The van der Waals surface area contributed by atoms with Gasteiger partial charge in [-0.05, 0) is 24.7 Å². The van der Waals surface area contributed by atoms with Crippen LogP contribution in [0.4, 0.5) is 5.82 Å². The van der Waals surface area contributed by atoms with Crippen molar-refractivity contribution in [3.8, 4) is 0 Å². The number of amides is 2. The molecule has 28 heavy (non-hydrogen) atoms. The Hall–Kier alpha value is -2.93. The zero-order chi connectivity index (χ0) is 20.1. The number of pyridine rings is 1. The van der Waals surface area contributed by atoms with Gasteiger partial charge in [-0.3, -0.25) is 9.59 Å². The lowest BCUT2D eigenvalue weighted by atomic mass is 10.0. The van der Waals surface area contributed by atoms with E-state index in [1.54, 1.807) is 23.2 Å². The molecule has 0 radical (unpaired) electrons. The van der Waals surface area contributed by atoms with Crippen LogP contribution >= 0.6 is 0 Å². The van der Waals surface area contributed by atoms with Gasteiger partial charge in [-0.1, -0.05) is 30.3 Å². The fraction of sp³-hybridized carbons (Fsp3) is 0.381. The number of anilines is 1. The second-order valence-corrected chi connectivity index (χ2v) is 7.21. The molecule has 148 valence electrons. The first-order valence-corrected chi connectivity index (χ1v) is 9.43. The number of nitrogens with zero attached hydrogens (tertiary/aromatic N) is 4. The number of hydrogen-bond acceptors (Lipinski definition) is 5. The molecule has 2 amide bonds. The van der Waals surface area contributed by atoms with E-state index in [9.17, 15) is 9.59 Å². The summed E-state index contributed by atoms with van der Waals surface area (Å²) in [5.41, 5.74) is 1.22. The highest BCUT2D eigenvalue weighted by molar-refractivity contribution is 6.01. The molecule has 1 saturated heterocycles. The minimum absolute atomic E-state index is 0.0806. The van der Waals surface area contributed by atoms with Gasteiger partial charge in [0, 0.05) is 46.5 Å². The lowest BCUT2D eigenvalue weighted by Crippen LogP contribution is -2.51. The third-order valence-corrected chi connectivity index (χ3v) is 4.93. The molecule has 1 N–H and O–H groups in total. The number of rotatable bonds is 5. The third kappa shape index (κ3) is 4.48. The molecule has 1 aliphatic rings. The normalized spacial score (nSPS) is 15.8.